The third kappa shape index (κ3) is 2.66. The average Bonchev–Trinajstić information content (AvgIpc) is 2.16. The Balaban J connectivity index is 2.91. The summed E-state index contributed by atoms with van der Waals surface area (Å²) in [6.07, 6.45) is 0. The van der Waals surface area contributed by atoms with Gasteiger partial charge in [0.05, 0.1) is 11.4 Å². The van der Waals surface area contributed by atoms with Gasteiger partial charge in [-0.25, -0.2) is 0 Å². The summed E-state index contributed by atoms with van der Waals surface area (Å²) < 4.78 is 0. The van der Waals surface area contributed by atoms with E-state index in [2.05, 4.69) is 62.3 Å². The fourth-order valence-electron chi connectivity index (χ4n) is 1.41. The van der Waals surface area contributed by atoms with Crippen molar-refractivity contribution in [3.63, 3.8) is 0 Å². The lowest BCUT2D eigenvalue weighted by Crippen LogP contribution is -2.19. The zero-order chi connectivity index (χ0) is 10.6. The predicted octanol–water partition coefficient (Wildman–Crippen LogP) is 2.96. The van der Waals surface area contributed by atoms with Crippen molar-refractivity contribution in [2.75, 3.05) is 23.8 Å². The first-order chi connectivity index (χ1) is 6.65. The van der Waals surface area contributed by atoms with Gasteiger partial charge in [0, 0.05) is 19.6 Å². The molecule has 1 N–H and O–H groups in total. The summed E-state index contributed by atoms with van der Waals surface area (Å²) in [6, 6.07) is 8.89. The van der Waals surface area contributed by atoms with Crippen molar-refractivity contribution in [1.82, 2.24) is 0 Å². The second-order valence-electron chi connectivity index (χ2n) is 3.83. The minimum absolute atomic E-state index is 0.474. The van der Waals surface area contributed by atoms with E-state index in [0.29, 0.717) is 6.04 Å². The normalized spacial score (nSPS) is 10.4. The zero-order valence-electron chi connectivity index (χ0n) is 9.54. The smallest absolute Gasteiger partial charge is 0.0599 e. The molecule has 14 heavy (non-hydrogen) atoms. The summed E-state index contributed by atoms with van der Waals surface area (Å²) in [7, 11) is 2.11. The van der Waals surface area contributed by atoms with Crippen molar-refractivity contribution in [2.24, 2.45) is 0 Å². The highest BCUT2D eigenvalue weighted by Crippen LogP contribution is 2.24. The van der Waals surface area contributed by atoms with Crippen molar-refractivity contribution < 1.29 is 0 Å². The topological polar surface area (TPSA) is 15.3 Å². The van der Waals surface area contributed by atoms with Crippen LogP contribution in [0.1, 0.15) is 20.8 Å². The van der Waals surface area contributed by atoms with Crippen LogP contribution in [0, 0.1) is 0 Å². The van der Waals surface area contributed by atoms with E-state index >= 15 is 0 Å². The van der Waals surface area contributed by atoms with Crippen molar-refractivity contribution in [1.29, 1.82) is 0 Å². The summed E-state index contributed by atoms with van der Waals surface area (Å²) in [4.78, 5) is 2.24. The van der Waals surface area contributed by atoms with E-state index in [0.717, 1.165) is 6.54 Å². The SMILES string of the molecule is CCN(C)c1ccccc1NC(C)C. The van der Waals surface area contributed by atoms with E-state index < -0.39 is 0 Å². The number of hydrogen-bond acceptors (Lipinski definition) is 2. The summed E-state index contributed by atoms with van der Waals surface area (Å²) in [6.45, 7) is 7.49. The van der Waals surface area contributed by atoms with Gasteiger partial charge in [0.15, 0.2) is 0 Å². The van der Waals surface area contributed by atoms with Crippen LogP contribution in [-0.2, 0) is 0 Å². The van der Waals surface area contributed by atoms with Gasteiger partial charge in [-0.1, -0.05) is 12.1 Å². The maximum absolute atomic E-state index is 3.45. The van der Waals surface area contributed by atoms with Crippen LogP contribution < -0.4 is 10.2 Å². The Kier molecular flexibility index (Phi) is 3.81. The van der Waals surface area contributed by atoms with Gasteiger partial charge in [-0.05, 0) is 32.9 Å². The third-order valence-corrected chi connectivity index (χ3v) is 2.23. The molecule has 0 unspecified atom stereocenters. The second-order valence-corrected chi connectivity index (χ2v) is 3.83. The standard InChI is InChI=1S/C12H20N2/c1-5-14(4)12-9-7-6-8-11(12)13-10(2)3/h6-10,13H,5H2,1-4H3. The fraction of sp³-hybridized carbons (Fsp3) is 0.500. The van der Waals surface area contributed by atoms with Gasteiger partial charge in [-0.2, -0.15) is 0 Å². The number of benzene rings is 1. The molecule has 0 aliphatic heterocycles. The maximum Gasteiger partial charge on any atom is 0.0599 e. The molecule has 0 atom stereocenters. The molecular formula is C12H20N2. The van der Waals surface area contributed by atoms with Gasteiger partial charge < -0.3 is 10.2 Å². The quantitative estimate of drug-likeness (QED) is 0.789. The fourth-order valence-corrected chi connectivity index (χ4v) is 1.41. The molecule has 2 nitrogen and oxygen atoms in total. The van der Waals surface area contributed by atoms with Crippen LogP contribution in [0.25, 0.3) is 0 Å². The molecule has 1 aromatic rings. The third-order valence-electron chi connectivity index (χ3n) is 2.23. The lowest BCUT2D eigenvalue weighted by Gasteiger charge is -2.22. The molecule has 0 amide bonds. The van der Waals surface area contributed by atoms with Gasteiger partial charge in [0.25, 0.3) is 0 Å². The van der Waals surface area contributed by atoms with Crippen LogP contribution in [-0.4, -0.2) is 19.6 Å². The van der Waals surface area contributed by atoms with Gasteiger partial charge in [0.1, 0.15) is 0 Å². The van der Waals surface area contributed by atoms with Crippen LogP contribution in [0.3, 0.4) is 0 Å². The van der Waals surface area contributed by atoms with Crippen molar-refractivity contribution >= 4 is 11.4 Å². The molecule has 1 rings (SSSR count). The minimum Gasteiger partial charge on any atom is -0.381 e. The number of anilines is 2. The molecular weight excluding hydrogens is 172 g/mol. The molecule has 0 bridgehead atoms. The molecule has 0 radical (unpaired) electrons. The Morgan fingerprint density at radius 1 is 1.29 bits per heavy atom. The van der Waals surface area contributed by atoms with Gasteiger partial charge >= 0.3 is 0 Å². The number of rotatable bonds is 4. The molecule has 0 saturated heterocycles. The Bertz CT molecular complexity index is 281. The Morgan fingerprint density at radius 3 is 2.50 bits per heavy atom. The minimum atomic E-state index is 0.474. The van der Waals surface area contributed by atoms with Crippen molar-refractivity contribution in [3.8, 4) is 0 Å². The number of hydrogen-bond donors (Lipinski definition) is 1. The predicted molar refractivity (Wildman–Crippen MR) is 64.1 cm³/mol. The Labute approximate surface area is 86.9 Å². The highest BCUT2D eigenvalue weighted by Gasteiger charge is 2.05. The lowest BCUT2D eigenvalue weighted by molar-refractivity contribution is 0.892. The summed E-state index contributed by atoms with van der Waals surface area (Å²) >= 11 is 0. The monoisotopic (exact) mass is 192 g/mol. The summed E-state index contributed by atoms with van der Waals surface area (Å²) in [5.74, 6) is 0. The molecule has 1 aromatic carbocycles. The van der Waals surface area contributed by atoms with E-state index in [1.165, 1.54) is 11.4 Å². The number of para-hydroxylation sites is 2. The van der Waals surface area contributed by atoms with Crippen LogP contribution in [0.4, 0.5) is 11.4 Å². The number of nitrogens with zero attached hydrogens (tertiary/aromatic N) is 1. The maximum atomic E-state index is 3.45. The van der Waals surface area contributed by atoms with E-state index in [-0.39, 0.29) is 0 Å². The second kappa shape index (κ2) is 4.89. The largest absolute Gasteiger partial charge is 0.381 e. The van der Waals surface area contributed by atoms with E-state index in [4.69, 9.17) is 0 Å². The molecule has 0 saturated carbocycles. The highest BCUT2D eigenvalue weighted by atomic mass is 15.1. The average molecular weight is 192 g/mol. The van der Waals surface area contributed by atoms with E-state index in [1.807, 2.05) is 0 Å². The Hall–Kier alpha value is -1.18. The molecule has 0 aliphatic rings. The number of nitrogens with one attached hydrogen (secondary N) is 1. The van der Waals surface area contributed by atoms with Crippen LogP contribution in [0.2, 0.25) is 0 Å². The first-order valence-electron chi connectivity index (χ1n) is 5.21. The van der Waals surface area contributed by atoms with E-state index in [1.54, 1.807) is 0 Å². The lowest BCUT2D eigenvalue weighted by atomic mass is 10.2. The molecule has 2 heteroatoms. The first-order valence-corrected chi connectivity index (χ1v) is 5.21. The molecule has 0 aromatic heterocycles. The molecule has 0 heterocycles. The van der Waals surface area contributed by atoms with Crippen LogP contribution in [0.5, 0.6) is 0 Å². The van der Waals surface area contributed by atoms with Gasteiger partial charge in [0.2, 0.25) is 0 Å². The van der Waals surface area contributed by atoms with Gasteiger partial charge in [-0.3, -0.25) is 0 Å². The zero-order valence-corrected chi connectivity index (χ0v) is 9.54. The molecule has 78 valence electrons. The van der Waals surface area contributed by atoms with Crippen molar-refractivity contribution in [2.45, 2.75) is 26.8 Å². The molecule has 0 aliphatic carbocycles. The highest BCUT2D eigenvalue weighted by molar-refractivity contribution is 5.69. The van der Waals surface area contributed by atoms with Crippen LogP contribution >= 0.6 is 0 Å². The summed E-state index contributed by atoms with van der Waals surface area (Å²) in [5, 5.41) is 3.45. The van der Waals surface area contributed by atoms with Gasteiger partial charge in [-0.15, -0.1) is 0 Å². The molecule has 0 spiro atoms. The van der Waals surface area contributed by atoms with Crippen molar-refractivity contribution in [3.05, 3.63) is 24.3 Å². The van der Waals surface area contributed by atoms with E-state index in [9.17, 15) is 0 Å². The first kappa shape index (κ1) is 10.9. The molecule has 0 fully saturated rings. The summed E-state index contributed by atoms with van der Waals surface area (Å²) in [5.41, 5.74) is 2.48. The Morgan fingerprint density at radius 2 is 1.93 bits per heavy atom. The van der Waals surface area contributed by atoms with Crippen LogP contribution in [0.15, 0.2) is 24.3 Å².